The smallest absolute Gasteiger partial charge is 0.234 e. The average molecular weight is 261 g/mol. The van der Waals surface area contributed by atoms with E-state index in [0.717, 1.165) is 5.56 Å². The van der Waals surface area contributed by atoms with Crippen molar-refractivity contribution in [3.63, 3.8) is 0 Å². The molecule has 0 bridgehead atoms. The summed E-state index contributed by atoms with van der Waals surface area (Å²) in [4.78, 5) is 12.8. The molecule has 0 fully saturated rings. The van der Waals surface area contributed by atoms with Gasteiger partial charge in [-0.25, -0.2) is 0 Å². The van der Waals surface area contributed by atoms with Crippen molar-refractivity contribution in [3.05, 3.63) is 33.8 Å². The summed E-state index contributed by atoms with van der Waals surface area (Å²) in [6, 6.07) is 4.98. The van der Waals surface area contributed by atoms with Crippen molar-refractivity contribution in [2.45, 2.75) is 19.5 Å². The molecular weight excluding hydrogens is 247 g/mol. The molecule has 0 spiro atoms. The van der Waals surface area contributed by atoms with Gasteiger partial charge in [0.15, 0.2) is 0 Å². The third kappa shape index (κ3) is 3.67. The number of hydrogen-bond acceptors (Lipinski definition) is 2. The highest BCUT2D eigenvalue weighted by molar-refractivity contribution is 6.34. The molecule has 16 heavy (non-hydrogen) atoms. The minimum Gasteiger partial charge on any atom is -0.368 e. The van der Waals surface area contributed by atoms with Crippen molar-refractivity contribution in [2.24, 2.45) is 5.73 Å². The van der Waals surface area contributed by atoms with Crippen LogP contribution < -0.4 is 5.73 Å². The van der Waals surface area contributed by atoms with Gasteiger partial charge in [0.1, 0.15) is 0 Å². The van der Waals surface area contributed by atoms with E-state index in [4.69, 9.17) is 28.9 Å². The fourth-order valence-electron chi connectivity index (χ4n) is 1.34. The van der Waals surface area contributed by atoms with Crippen LogP contribution >= 0.6 is 23.2 Å². The topological polar surface area (TPSA) is 46.3 Å². The van der Waals surface area contributed by atoms with Crippen molar-refractivity contribution in [3.8, 4) is 0 Å². The van der Waals surface area contributed by atoms with Crippen LogP contribution in [0.15, 0.2) is 18.2 Å². The van der Waals surface area contributed by atoms with Crippen LogP contribution in [-0.2, 0) is 11.3 Å². The van der Waals surface area contributed by atoms with Crippen LogP contribution in [0, 0.1) is 0 Å². The molecule has 0 aliphatic rings. The van der Waals surface area contributed by atoms with Gasteiger partial charge < -0.3 is 5.73 Å². The lowest BCUT2D eigenvalue weighted by Gasteiger charge is -2.22. The van der Waals surface area contributed by atoms with E-state index in [1.54, 1.807) is 13.0 Å². The highest BCUT2D eigenvalue weighted by atomic mass is 35.5. The number of carbonyl (C=O) groups excluding carboxylic acids is 1. The zero-order chi connectivity index (χ0) is 12.3. The Bertz CT molecular complexity index is 375. The average Bonchev–Trinajstić information content (AvgIpc) is 2.14. The lowest BCUT2D eigenvalue weighted by Crippen LogP contribution is -2.39. The minimum absolute atomic E-state index is 0.322. The van der Waals surface area contributed by atoms with E-state index in [1.807, 2.05) is 24.1 Å². The van der Waals surface area contributed by atoms with Crippen LogP contribution in [0.1, 0.15) is 12.5 Å². The zero-order valence-corrected chi connectivity index (χ0v) is 10.7. The van der Waals surface area contributed by atoms with Crippen LogP contribution in [0.5, 0.6) is 0 Å². The second-order valence-corrected chi connectivity index (χ2v) is 4.64. The first-order valence-electron chi connectivity index (χ1n) is 4.84. The predicted molar refractivity (Wildman–Crippen MR) is 66.6 cm³/mol. The van der Waals surface area contributed by atoms with Gasteiger partial charge >= 0.3 is 0 Å². The van der Waals surface area contributed by atoms with E-state index in [9.17, 15) is 4.79 Å². The molecule has 3 nitrogen and oxygen atoms in total. The first-order chi connectivity index (χ1) is 7.40. The van der Waals surface area contributed by atoms with Crippen LogP contribution in [0.25, 0.3) is 0 Å². The van der Waals surface area contributed by atoms with E-state index in [-0.39, 0.29) is 11.9 Å². The molecule has 2 N–H and O–H groups in total. The van der Waals surface area contributed by atoms with Gasteiger partial charge in [-0.15, -0.1) is 0 Å². The Balaban J connectivity index is 2.76. The number of amides is 1. The van der Waals surface area contributed by atoms with E-state index >= 15 is 0 Å². The number of likely N-dealkylation sites (N-methyl/N-ethyl adjacent to an activating group) is 1. The molecule has 1 rings (SSSR count). The van der Waals surface area contributed by atoms with Gasteiger partial charge in [-0.3, -0.25) is 9.69 Å². The lowest BCUT2D eigenvalue weighted by molar-refractivity contribution is -0.122. The van der Waals surface area contributed by atoms with Crippen LogP contribution in [-0.4, -0.2) is 23.9 Å². The third-order valence-electron chi connectivity index (χ3n) is 2.43. The van der Waals surface area contributed by atoms with Crippen molar-refractivity contribution >= 4 is 29.1 Å². The van der Waals surface area contributed by atoms with E-state index in [2.05, 4.69) is 0 Å². The first-order valence-corrected chi connectivity index (χ1v) is 5.60. The summed E-state index contributed by atoms with van der Waals surface area (Å²) >= 11 is 11.8. The molecule has 0 aliphatic heterocycles. The molecule has 1 amide bonds. The minimum atomic E-state index is -0.351. The largest absolute Gasteiger partial charge is 0.368 e. The third-order valence-corrected chi connectivity index (χ3v) is 2.86. The lowest BCUT2D eigenvalue weighted by atomic mass is 10.2. The van der Waals surface area contributed by atoms with Gasteiger partial charge in [0.05, 0.1) is 6.04 Å². The number of nitrogens with two attached hydrogens (primary N) is 1. The standard InChI is InChI=1S/C11H14Cl2N2O/c1-7(11(14)16)15(2)6-8-3-9(12)5-10(13)4-8/h3-5,7H,6H2,1-2H3,(H2,14,16). The van der Waals surface area contributed by atoms with Crippen molar-refractivity contribution in [1.29, 1.82) is 0 Å². The summed E-state index contributed by atoms with van der Waals surface area (Å²) < 4.78 is 0. The van der Waals surface area contributed by atoms with Gasteiger partial charge in [0.2, 0.25) is 5.91 Å². The summed E-state index contributed by atoms with van der Waals surface area (Å²) in [6.45, 7) is 2.33. The molecule has 0 aromatic heterocycles. The van der Waals surface area contributed by atoms with Crippen LogP contribution in [0.2, 0.25) is 10.0 Å². The molecule has 0 radical (unpaired) electrons. The van der Waals surface area contributed by atoms with Crippen LogP contribution in [0.3, 0.4) is 0 Å². The van der Waals surface area contributed by atoms with Crippen molar-refractivity contribution in [1.82, 2.24) is 4.90 Å². The van der Waals surface area contributed by atoms with Gasteiger partial charge in [-0.2, -0.15) is 0 Å². The highest BCUT2D eigenvalue weighted by Crippen LogP contribution is 2.20. The summed E-state index contributed by atoms with van der Waals surface area (Å²) in [5, 5.41) is 1.17. The number of nitrogens with zero attached hydrogens (tertiary/aromatic N) is 1. The fourth-order valence-corrected chi connectivity index (χ4v) is 1.92. The monoisotopic (exact) mass is 260 g/mol. The maximum absolute atomic E-state index is 11.0. The molecule has 1 aromatic carbocycles. The number of hydrogen-bond donors (Lipinski definition) is 1. The molecule has 1 unspecified atom stereocenters. The van der Waals surface area contributed by atoms with E-state index in [0.29, 0.717) is 16.6 Å². The zero-order valence-electron chi connectivity index (χ0n) is 9.21. The second-order valence-electron chi connectivity index (χ2n) is 3.77. The Morgan fingerprint density at radius 2 is 1.88 bits per heavy atom. The summed E-state index contributed by atoms with van der Waals surface area (Å²) in [5.41, 5.74) is 6.17. The van der Waals surface area contributed by atoms with Crippen LogP contribution in [0.4, 0.5) is 0 Å². The Kier molecular flexibility index (Phi) is 4.59. The van der Waals surface area contributed by atoms with Crippen molar-refractivity contribution in [2.75, 3.05) is 7.05 Å². The highest BCUT2D eigenvalue weighted by Gasteiger charge is 2.15. The molecule has 5 heteroatoms. The second kappa shape index (κ2) is 5.53. The summed E-state index contributed by atoms with van der Waals surface area (Å²) in [7, 11) is 1.82. The number of rotatable bonds is 4. The molecule has 0 aliphatic carbocycles. The molecule has 88 valence electrons. The fraction of sp³-hybridized carbons (Fsp3) is 0.364. The molecule has 0 heterocycles. The maximum atomic E-state index is 11.0. The van der Waals surface area contributed by atoms with E-state index < -0.39 is 0 Å². The maximum Gasteiger partial charge on any atom is 0.234 e. The first kappa shape index (κ1) is 13.3. The molecular formula is C11H14Cl2N2O. The van der Waals surface area contributed by atoms with Gasteiger partial charge in [0.25, 0.3) is 0 Å². The normalized spacial score (nSPS) is 12.8. The Labute approximate surface area is 105 Å². The molecule has 0 saturated carbocycles. The Hall–Kier alpha value is -0.770. The predicted octanol–water partition coefficient (Wildman–Crippen LogP) is 2.30. The molecule has 1 aromatic rings. The molecule has 0 saturated heterocycles. The molecule has 1 atom stereocenters. The Morgan fingerprint density at radius 3 is 2.31 bits per heavy atom. The Morgan fingerprint density at radius 1 is 1.38 bits per heavy atom. The number of carbonyl (C=O) groups is 1. The van der Waals surface area contributed by atoms with Gasteiger partial charge in [0, 0.05) is 16.6 Å². The summed E-state index contributed by atoms with van der Waals surface area (Å²) in [6.07, 6.45) is 0. The number of primary amides is 1. The number of halogens is 2. The van der Waals surface area contributed by atoms with Gasteiger partial charge in [-0.05, 0) is 37.7 Å². The van der Waals surface area contributed by atoms with E-state index in [1.165, 1.54) is 0 Å². The van der Waals surface area contributed by atoms with Crippen molar-refractivity contribution < 1.29 is 4.79 Å². The van der Waals surface area contributed by atoms with Gasteiger partial charge in [-0.1, -0.05) is 23.2 Å². The SMILES string of the molecule is CC(C(N)=O)N(C)Cc1cc(Cl)cc(Cl)c1. The summed E-state index contributed by atoms with van der Waals surface area (Å²) in [5.74, 6) is -0.351. The number of benzene rings is 1. The quantitative estimate of drug-likeness (QED) is 0.903.